The second-order valence-electron chi connectivity index (χ2n) is 9.45. The van der Waals surface area contributed by atoms with Gasteiger partial charge in [-0.1, -0.05) is 20.8 Å². The van der Waals surface area contributed by atoms with Crippen molar-refractivity contribution in [3.63, 3.8) is 0 Å². The van der Waals surface area contributed by atoms with Crippen molar-refractivity contribution in [1.29, 1.82) is 0 Å². The number of carbonyl (C=O) groups is 1. The molecule has 0 radical (unpaired) electrons. The maximum atomic E-state index is 12.7. The molecule has 1 heterocycles. The highest BCUT2D eigenvalue weighted by atomic mass is 16.3. The summed E-state index contributed by atoms with van der Waals surface area (Å²) >= 11 is 0. The molecule has 134 valence electrons. The van der Waals surface area contributed by atoms with Gasteiger partial charge in [-0.3, -0.25) is 4.79 Å². The van der Waals surface area contributed by atoms with Crippen LogP contribution in [0.4, 0.5) is 0 Å². The SMILES string of the molecule is CC1(C)CC(NC(=O)c2ccc(O)c(C(C)(C)C)c2)CC(C)(C)N1. The van der Waals surface area contributed by atoms with Crippen molar-refractivity contribution in [1.82, 2.24) is 10.6 Å². The first-order valence-corrected chi connectivity index (χ1v) is 8.73. The van der Waals surface area contributed by atoms with Crippen LogP contribution in [0.25, 0.3) is 0 Å². The van der Waals surface area contributed by atoms with E-state index >= 15 is 0 Å². The first-order valence-electron chi connectivity index (χ1n) is 8.73. The lowest BCUT2D eigenvalue weighted by molar-refractivity contribution is 0.0873. The van der Waals surface area contributed by atoms with Gasteiger partial charge < -0.3 is 15.7 Å². The number of rotatable bonds is 2. The molecule has 0 bridgehead atoms. The fourth-order valence-corrected chi connectivity index (χ4v) is 3.97. The summed E-state index contributed by atoms with van der Waals surface area (Å²) in [6.07, 6.45) is 1.79. The lowest BCUT2D eigenvalue weighted by atomic mass is 9.79. The topological polar surface area (TPSA) is 61.4 Å². The van der Waals surface area contributed by atoms with Crippen LogP contribution in [0.2, 0.25) is 0 Å². The number of nitrogens with one attached hydrogen (secondary N) is 2. The van der Waals surface area contributed by atoms with Gasteiger partial charge in [0.15, 0.2) is 0 Å². The molecule has 2 rings (SSSR count). The maximum absolute atomic E-state index is 12.7. The van der Waals surface area contributed by atoms with Crippen LogP contribution in [-0.2, 0) is 5.41 Å². The minimum Gasteiger partial charge on any atom is -0.508 e. The molecule has 1 saturated heterocycles. The van der Waals surface area contributed by atoms with Gasteiger partial charge in [0, 0.05) is 28.2 Å². The molecule has 4 nitrogen and oxygen atoms in total. The van der Waals surface area contributed by atoms with E-state index in [0.717, 1.165) is 18.4 Å². The predicted molar refractivity (Wildman–Crippen MR) is 98.6 cm³/mol. The van der Waals surface area contributed by atoms with Crippen molar-refractivity contribution < 1.29 is 9.90 Å². The number of phenols is 1. The molecular weight excluding hydrogens is 300 g/mol. The summed E-state index contributed by atoms with van der Waals surface area (Å²) < 4.78 is 0. The van der Waals surface area contributed by atoms with E-state index in [4.69, 9.17) is 0 Å². The number of hydrogen-bond acceptors (Lipinski definition) is 3. The molecule has 1 aromatic carbocycles. The van der Waals surface area contributed by atoms with Crippen LogP contribution in [0.15, 0.2) is 18.2 Å². The van der Waals surface area contributed by atoms with Gasteiger partial charge in [-0.05, 0) is 64.2 Å². The summed E-state index contributed by atoms with van der Waals surface area (Å²) in [5, 5.41) is 16.9. The molecule has 24 heavy (non-hydrogen) atoms. The van der Waals surface area contributed by atoms with Crippen molar-refractivity contribution in [2.45, 2.75) is 83.8 Å². The molecule has 0 spiro atoms. The number of amides is 1. The van der Waals surface area contributed by atoms with Crippen LogP contribution in [0.5, 0.6) is 5.75 Å². The standard InChI is InChI=1S/C20H32N2O2/c1-18(2,3)15-10-13(8-9-16(15)23)17(24)21-14-11-19(4,5)22-20(6,7)12-14/h8-10,14,22-23H,11-12H2,1-7H3,(H,21,24). The number of piperidine rings is 1. The summed E-state index contributed by atoms with van der Waals surface area (Å²) in [5.41, 5.74) is 1.17. The smallest absolute Gasteiger partial charge is 0.251 e. The number of hydrogen-bond donors (Lipinski definition) is 3. The van der Waals surface area contributed by atoms with E-state index in [-0.39, 0.29) is 34.2 Å². The Bertz CT molecular complexity index is 611. The van der Waals surface area contributed by atoms with Crippen LogP contribution in [0.3, 0.4) is 0 Å². The van der Waals surface area contributed by atoms with Gasteiger partial charge in [0.2, 0.25) is 0 Å². The van der Waals surface area contributed by atoms with Gasteiger partial charge in [0.25, 0.3) is 5.91 Å². The van der Waals surface area contributed by atoms with Crippen LogP contribution in [0.1, 0.15) is 77.2 Å². The molecule has 0 saturated carbocycles. The molecular formula is C20H32N2O2. The van der Waals surface area contributed by atoms with E-state index in [2.05, 4.69) is 38.3 Å². The molecule has 1 aromatic rings. The lowest BCUT2D eigenvalue weighted by Crippen LogP contribution is -2.62. The Labute approximate surface area is 146 Å². The van der Waals surface area contributed by atoms with Crippen LogP contribution < -0.4 is 10.6 Å². The summed E-state index contributed by atoms with van der Waals surface area (Å²) in [6, 6.07) is 5.25. The molecule has 0 aliphatic carbocycles. The summed E-state index contributed by atoms with van der Waals surface area (Å²) in [4.78, 5) is 12.7. The van der Waals surface area contributed by atoms with Gasteiger partial charge in [-0.15, -0.1) is 0 Å². The Kier molecular flexibility index (Phi) is 4.75. The summed E-state index contributed by atoms with van der Waals surface area (Å²) in [5.74, 6) is 0.169. The number of aromatic hydroxyl groups is 1. The van der Waals surface area contributed by atoms with Crippen molar-refractivity contribution in [3.05, 3.63) is 29.3 Å². The molecule has 1 amide bonds. The largest absolute Gasteiger partial charge is 0.508 e. The van der Waals surface area contributed by atoms with Crippen LogP contribution in [-0.4, -0.2) is 28.1 Å². The Balaban J connectivity index is 2.18. The Morgan fingerprint density at radius 3 is 2.21 bits per heavy atom. The molecule has 1 aliphatic rings. The first-order chi connectivity index (χ1) is 10.8. The zero-order valence-electron chi connectivity index (χ0n) is 16.1. The van der Waals surface area contributed by atoms with E-state index in [1.807, 2.05) is 26.8 Å². The fourth-order valence-electron chi connectivity index (χ4n) is 3.97. The third kappa shape index (κ3) is 4.50. The summed E-state index contributed by atoms with van der Waals surface area (Å²) in [7, 11) is 0. The van der Waals surface area contributed by atoms with Crippen molar-refractivity contribution in [3.8, 4) is 5.75 Å². The minimum atomic E-state index is -0.209. The second-order valence-corrected chi connectivity index (χ2v) is 9.45. The van der Waals surface area contributed by atoms with E-state index in [1.165, 1.54) is 0 Å². The highest BCUT2D eigenvalue weighted by Crippen LogP contribution is 2.32. The van der Waals surface area contributed by atoms with Crippen molar-refractivity contribution >= 4 is 5.91 Å². The Hall–Kier alpha value is -1.55. The van der Waals surface area contributed by atoms with Gasteiger partial charge in [-0.25, -0.2) is 0 Å². The fraction of sp³-hybridized carbons (Fsp3) is 0.650. The van der Waals surface area contributed by atoms with Gasteiger partial charge in [0.1, 0.15) is 5.75 Å². The average molecular weight is 332 g/mol. The maximum Gasteiger partial charge on any atom is 0.251 e. The normalized spacial score (nSPS) is 20.6. The zero-order valence-corrected chi connectivity index (χ0v) is 16.1. The molecule has 4 heteroatoms. The quantitative estimate of drug-likeness (QED) is 0.773. The molecule has 3 N–H and O–H groups in total. The molecule has 0 atom stereocenters. The van der Waals surface area contributed by atoms with Gasteiger partial charge in [-0.2, -0.15) is 0 Å². The lowest BCUT2D eigenvalue weighted by Gasteiger charge is -2.46. The highest BCUT2D eigenvalue weighted by molar-refractivity contribution is 5.94. The zero-order chi connectivity index (χ0) is 18.3. The van der Waals surface area contributed by atoms with Crippen LogP contribution >= 0.6 is 0 Å². The summed E-state index contributed by atoms with van der Waals surface area (Å²) in [6.45, 7) is 14.8. The van der Waals surface area contributed by atoms with Crippen LogP contribution in [0, 0.1) is 0 Å². The Morgan fingerprint density at radius 1 is 1.17 bits per heavy atom. The minimum absolute atomic E-state index is 0.00871. The van der Waals surface area contributed by atoms with E-state index in [1.54, 1.807) is 12.1 Å². The Morgan fingerprint density at radius 2 is 1.71 bits per heavy atom. The van der Waals surface area contributed by atoms with Gasteiger partial charge >= 0.3 is 0 Å². The number of benzene rings is 1. The van der Waals surface area contributed by atoms with Gasteiger partial charge in [0.05, 0.1) is 0 Å². The van der Waals surface area contributed by atoms with Crippen molar-refractivity contribution in [2.24, 2.45) is 0 Å². The molecule has 1 fully saturated rings. The highest BCUT2D eigenvalue weighted by Gasteiger charge is 2.38. The second kappa shape index (κ2) is 6.07. The van der Waals surface area contributed by atoms with E-state index < -0.39 is 0 Å². The molecule has 1 aliphatic heterocycles. The third-order valence-electron chi connectivity index (χ3n) is 4.59. The molecule has 0 unspecified atom stereocenters. The predicted octanol–water partition coefficient (Wildman–Crippen LogP) is 3.73. The third-order valence-corrected chi connectivity index (χ3v) is 4.59. The number of carbonyl (C=O) groups excluding carboxylic acids is 1. The first kappa shape index (κ1) is 18.8. The molecule has 0 aromatic heterocycles. The van der Waals surface area contributed by atoms with Crippen molar-refractivity contribution in [2.75, 3.05) is 0 Å². The van der Waals surface area contributed by atoms with E-state index in [0.29, 0.717) is 5.56 Å². The van der Waals surface area contributed by atoms with E-state index in [9.17, 15) is 9.90 Å². The number of phenolic OH excluding ortho intramolecular Hbond substituents is 1. The monoisotopic (exact) mass is 332 g/mol. The average Bonchev–Trinajstić information content (AvgIpc) is 2.33.